The molecular formula is C14H15Cl2N3O. The first-order valence-electron chi connectivity index (χ1n) is 6.32. The van der Waals surface area contributed by atoms with E-state index in [1.54, 1.807) is 16.9 Å². The van der Waals surface area contributed by atoms with Crippen LogP contribution in [-0.2, 0) is 4.79 Å². The van der Waals surface area contributed by atoms with Crippen LogP contribution in [-0.4, -0.2) is 15.7 Å². The monoisotopic (exact) mass is 311 g/mol. The molecule has 0 spiro atoms. The Morgan fingerprint density at radius 1 is 1.45 bits per heavy atom. The van der Waals surface area contributed by atoms with Crippen LogP contribution in [0.5, 0.6) is 0 Å². The molecule has 0 fully saturated rings. The third-order valence-corrected chi connectivity index (χ3v) is 3.59. The number of hydrogen-bond acceptors (Lipinski definition) is 2. The fourth-order valence-corrected chi connectivity index (χ4v) is 2.53. The number of primary amides is 1. The predicted octanol–water partition coefficient (Wildman–Crippen LogP) is 3.55. The molecule has 0 aliphatic rings. The van der Waals surface area contributed by atoms with Crippen molar-refractivity contribution in [2.75, 3.05) is 0 Å². The number of nitrogens with zero attached hydrogens (tertiary/aromatic N) is 2. The van der Waals surface area contributed by atoms with Gasteiger partial charge in [0, 0.05) is 6.20 Å². The van der Waals surface area contributed by atoms with Crippen LogP contribution in [0.4, 0.5) is 0 Å². The molecule has 2 N–H and O–H groups in total. The van der Waals surface area contributed by atoms with E-state index < -0.39 is 0 Å². The third-order valence-electron chi connectivity index (χ3n) is 3.09. The molecule has 1 aromatic heterocycles. The molecule has 0 aliphatic heterocycles. The highest BCUT2D eigenvalue weighted by molar-refractivity contribution is 6.32. The molecular weight excluding hydrogens is 297 g/mol. The summed E-state index contributed by atoms with van der Waals surface area (Å²) in [5.41, 5.74) is 6.98. The van der Waals surface area contributed by atoms with Gasteiger partial charge < -0.3 is 5.73 Å². The molecule has 2 aromatic rings. The summed E-state index contributed by atoms with van der Waals surface area (Å²) in [5, 5.41) is 5.14. The van der Waals surface area contributed by atoms with Crippen LogP contribution in [0.25, 0.3) is 5.69 Å². The van der Waals surface area contributed by atoms with Gasteiger partial charge in [-0.3, -0.25) is 4.79 Å². The van der Waals surface area contributed by atoms with E-state index >= 15 is 0 Å². The van der Waals surface area contributed by atoms with Gasteiger partial charge in [-0.05, 0) is 24.1 Å². The number of aromatic nitrogens is 2. The Labute approximate surface area is 127 Å². The van der Waals surface area contributed by atoms with Gasteiger partial charge in [-0.15, -0.1) is 0 Å². The number of amides is 1. The van der Waals surface area contributed by atoms with E-state index in [1.165, 1.54) is 6.20 Å². The van der Waals surface area contributed by atoms with Gasteiger partial charge in [-0.2, -0.15) is 5.10 Å². The van der Waals surface area contributed by atoms with Gasteiger partial charge >= 0.3 is 0 Å². The van der Waals surface area contributed by atoms with Gasteiger partial charge in [0.25, 0.3) is 0 Å². The van der Waals surface area contributed by atoms with E-state index in [0.717, 1.165) is 12.0 Å². The number of hydrogen-bond donors (Lipinski definition) is 1. The van der Waals surface area contributed by atoms with Gasteiger partial charge in [-0.1, -0.05) is 42.6 Å². The van der Waals surface area contributed by atoms with Crippen LogP contribution in [0.1, 0.15) is 31.2 Å². The first-order chi connectivity index (χ1) is 9.52. The van der Waals surface area contributed by atoms with Crippen molar-refractivity contribution in [3.63, 3.8) is 0 Å². The van der Waals surface area contributed by atoms with E-state index in [2.05, 4.69) is 5.10 Å². The molecule has 0 saturated carbocycles. The maximum absolute atomic E-state index is 11.5. The fourth-order valence-electron chi connectivity index (χ4n) is 2.12. The highest BCUT2D eigenvalue weighted by Gasteiger charge is 2.18. The van der Waals surface area contributed by atoms with Crippen molar-refractivity contribution in [3.05, 3.63) is 46.2 Å². The van der Waals surface area contributed by atoms with Crippen molar-refractivity contribution in [1.29, 1.82) is 0 Å². The molecule has 0 radical (unpaired) electrons. The van der Waals surface area contributed by atoms with Gasteiger partial charge in [0.1, 0.15) is 0 Å². The predicted molar refractivity (Wildman–Crippen MR) is 80.4 cm³/mol. The summed E-state index contributed by atoms with van der Waals surface area (Å²) in [6, 6.07) is 5.42. The van der Waals surface area contributed by atoms with Gasteiger partial charge in [0.15, 0.2) is 0 Å². The molecule has 0 saturated heterocycles. The molecule has 1 amide bonds. The molecule has 0 bridgehead atoms. The summed E-state index contributed by atoms with van der Waals surface area (Å²) in [7, 11) is 0. The maximum Gasteiger partial charge on any atom is 0.224 e. The van der Waals surface area contributed by atoms with Gasteiger partial charge in [0.05, 0.1) is 27.8 Å². The minimum absolute atomic E-state index is 0.312. The Morgan fingerprint density at radius 2 is 2.20 bits per heavy atom. The Morgan fingerprint density at radius 3 is 2.70 bits per heavy atom. The minimum atomic E-state index is -0.335. The summed E-state index contributed by atoms with van der Waals surface area (Å²) in [5.74, 6) is -0.648. The first-order valence-corrected chi connectivity index (χ1v) is 7.07. The topological polar surface area (TPSA) is 60.9 Å². The second-order valence-corrected chi connectivity index (χ2v) is 5.40. The van der Waals surface area contributed by atoms with Crippen molar-refractivity contribution >= 4 is 29.1 Å². The van der Waals surface area contributed by atoms with Gasteiger partial charge in [-0.25, -0.2) is 4.68 Å². The van der Waals surface area contributed by atoms with E-state index in [-0.39, 0.29) is 11.8 Å². The van der Waals surface area contributed by atoms with Crippen molar-refractivity contribution in [3.8, 4) is 5.69 Å². The largest absolute Gasteiger partial charge is 0.369 e. The van der Waals surface area contributed by atoms with Crippen LogP contribution in [0.15, 0.2) is 30.6 Å². The number of rotatable bonds is 5. The first kappa shape index (κ1) is 14.9. The number of benzene rings is 1. The van der Waals surface area contributed by atoms with Crippen LogP contribution in [0, 0.1) is 0 Å². The van der Waals surface area contributed by atoms with Crippen molar-refractivity contribution in [2.45, 2.75) is 25.7 Å². The average Bonchev–Trinajstić information content (AvgIpc) is 2.82. The Bertz CT molecular complexity index is 625. The zero-order valence-electron chi connectivity index (χ0n) is 11.0. The quantitative estimate of drug-likeness (QED) is 0.918. The second kappa shape index (κ2) is 6.29. The highest BCUT2D eigenvalue weighted by atomic mass is 35.5. The Kier molecular flexibility index (Phi) is 4.68. The summed E-state index contributed by atoms with van der Waals surface area (Å²) in [6.07, 6.45) is 4.79. The zero-order valence-corrected chi connectivity index (χ0v) is 12.5. The number of carbonyl (C=O) groups is 1. The Balaban J connectivity index is 2.36. The van der Waals surface area contributed by atoms with Crippen molar-refractivity contribution in [1.82, 2.24) is 9.78 Å². The van der Waals surface area contributed by atoms with Crippen LogP contribution < -0.4 is 5.73 Å². The smallest absolute Gasteiger partial charge is 0.224 e. The standard InChI is InChI=1S/C14H15Cl2N3O/c1-2-3-11(14(17)20)9-4-5-13(12(16)6-9)19-8-10(15)7-18-19/h4-8,11H,2-3H2,1H3,(H2,17,20). The molecule has 4 nitrogen and oxygen atoms in total. The molecule has 106 valence electrons. The van der Waals surface area contributed by atoms with E-state index in [1.807, 2.05) is 19.1 Å². The van der Waals surface area contributed by atoms with E-state index in [9.17, 15) is 4.79 Å². The lowest BCUT2D eigenvalue weighted by molar-refractivity contribution is -0.119. The molecule has 1 heterocycles. The molecule has 6 heteroatoms. The molecule has 1 unspecified atom stereocenters. The van der Waals surface area contributed by atoms with Crippen molar-refractivity contribution in [2.24, 2.45) is 5.73 Å². The maximum atomic E-state index is 11.5. The SMILES string of the molecule is CCCC(C(N)=O)c1ccc(-n2cc(Cl)cn2)c(Cl)c1. The number of halogens is 2. The van der Waals surface area contributed by atoms with Crippen LogP contribution in [0.2, 0.25) is 10.0 Å². The summed E-state index contributed by atoms with van der Waals surface area (Å²) in [6.45, 7) is 2.01. The number of nitrogens with two attached hydrogens (primary N) is 1. The lowest BCUT2D eigenvalue weighted by atomic mass is 9.94. The van der Waals surface area contributed by atoms with Crippen LogP contribution >= 0.6 is 23.2 Å². The van der Waals surface area contributed by atoms with Crippen molar-refractivity contribution < 1.29 is 4.79 Å². The normalized spacial score (nSPS) is 12.3. The molecule has 0 aliphatic carbocycles. The Hall–Kier alpha value is -1.52. The number of carbonyl (C=O) groups excluding carboxylic acids is 1. The summed E-state index contributed by atoms with van der Waals surface area (Å²) < 4.78 is 1.59. The summed E-state index contributed by atoms with van der Waals surface area (Å²) >= 11 is 12.1. The fraction of sp³-hybridized carbons (Fsp3) is 0.286. The lowest BCUT2D eigenvalue weighted by Crippen LogP contribution is -2.21. The second-order valence-electron chi connectivity index (χ2n) is 4.56. The zero-order chi connectivity index (χ0) is 14.7. The van der Waals surface area contributed by atoms with E-state index in [4.69, 9.17) is 28.9 Å². The lowest BCUT2D eigenvalue weighted by Gasteiger charge is -2.14. The van der Waals surface area contributed by atoms with Gasteiger partial charge in [0.2, 0.25) is 5.91 Å². The van der Waals surface area contributed by atoms with E-state index in [0.29, 0.717) is 22.2 Å². The average molecular weight is 312 g/mol. The molecule has 2 rings (SSSR count). The third kappa shape index (κ3) is 3.14. The van der Waals surface area contributed by atoms with Crippen LogP contribution in [0.3, 0.4) is 0 Å². The minimum Gasteiger partial charge on any atom is -0.369 e. The highest BCUT2D eigenvalue weighted by Crippen LogP contribution is 2.28. The molecule has 1 aromatic carbocycles. The molecule has 1 atom stereocenters. The summed E-state index contributed by atoms with van der Waals surface area (Å²) in [4.78, 5) is 11.5. The molecule has 20 heavy (non-hydrogen) atoms.